The molecule has 88 valence electrons. The van der Waals surface area contributed by atoms with E-state index in [0.717, 1.165) is 0 Å². The third kappa shape index (κ3) is 2.58. The maximum atomic E-state index is 13.4. The van der Waals surface area contributed by atoms with Crippen LogP contribution in [0, 0.1) is 11.7 Å². The zero-order valence-corrected chi connectivity index (χ0v) is 9.48. The Morgan fingerprint density at radius 1 is 1.50 bits per heavy atom. The molecule has 0 fully saturated rings. The quantitative estimate of drug-likeness (QED) is 0.849. The van der Waals surface area contributed by atoms with Crippen LogP contribution in [0.15, 0.2) is 24.3 Å². The van der Waals surface area contributed by atoms with E-state index in [2.05, 4.69) is 0 Å². The van der Waals surface area contributed by atoms with E-state index in [9.17, 15) is 9.18 Å². The van der Waals surface area contributed by atoms with Crippen molar-refractivity contribution < 1.29 is 14.3 Å². The maximum absolute atomic E-state index is 13.4. The van der Waals surface area contributed by atoms with E-state index in [1.165, 1.54) is 24.1 Å². The normalized spacial score (nSPS) is 12.2. The minimum atomic E-state index is -0.468. The fourth-order valence-electron chi connectivity index (χ4n) is 1.50. The largest absolute Gasteiger partial charge is 0.396 e. The van der Waals surface area contributed by atoms with Crippen molar-refractivity contribution in [1.29, 1.82) is 0 Å². The van der Waals surface area contributed by atoms with Crippen LogP contribution in [0.1, 0.15) is 13.3 Å². The second-order valence-corrected chi connectivity index (χ2v) is 3.64. The highest BCUT2D eigenvalue weighted by atomic mass is 19.1. The van der Waals surface area contributed by atoms with E-state index >= 15 is 0 Å². The lowest BCUT2D eigenvalue weighted by Crippen LogP contribution is -2.34. The molecule has 0 saturated heterocycles. The van der Waals surface area contributed by atoms with Gasteiger partial charge in [-0.05, 0) is 18.6 Å². The van der Waals surface area contributed by atoms with Crippen molar-refractivity contribution in [1.82, 2.24) is 0 Å². The summed E-state index contributed by atoms with van der Waals surface area (Å²) >= 11 is 0. The fourth-order valence-corrected chi connectivity index (χ4v) is 1.50. The van der Waals surface area contributed by atoms with E-state index in [4.69, 9.17) is 5.11 Å². The van der Waals surface area contributed by atoms with Gasteiger partial charge in [0.25, 0.3) is 0 Å². The average molecular weight is 225 g/mol. The van der Waals surface area contributed by atoms with Gasteiger partial charge in [0.15, 0.2) is 0 Å². The lowest BCUT2D eigenvalue weighted by atomic mass is 10.1. The number of benzene rings is 1. The van der Waals surface area contributed by atoms with Crippen molar-refractivity contribution >= 4 is 11.6 Å². The Morgan fingerprint density at radius 3 is 2.62 bits per heavy atom. The summed E-state index contributed by atoms with van der Waals surface area (Å²) < 4.78 is 13.4. The third-order valence-corrected chi connectivity index (χ3v) is 2.61. The molecule has 4 heteroatoms. The molecule has 1 aromatic rings. The lowest BCUT2D eigenvalue weighted by Gasteiger charge is -2.22. The molecular weight excluding hydrogens is 209 g/mol. The van der Waals surface area contributed by atoms with Crippen molar-refractivity contribution in [2.45, 2.75) is 13.3 Å². The van der Waals surface area contributed by atoms with Crippen LogP contribution in [0.25, 0.3) is 0 Å². The summed E-state index contributed by atoms with van der Waals surface area (Å²) in [6.07, 6.45) is 0.536. The number of anilines is 1. The van der Waals surface area contributed by atoms with Gasteiger partial charge in [0.05, 0.1) is 18.2 Å². The Labute approximate surface area is 94.5 Å². The van der Waals surface area contributed by atoms with Crippen LogP contribution in [-0.2, 0) is 4.79 Å². The zero-order valence-electron chi connectivity index (χ0n) is 9.48. The molecule has 0 spiro atoms. The van der Waals surface area contributed by atoms with Gasteiger partial charge in [-0.1, -0.05) is 19.1 Å². The second kappa shape index (κ2) is 5.61. The van der Waals surface area contributed by atoms with Gasteiger partial charge in [0.1, 0.15) is 5.82 Å². The number of aliphatic hydroxyl groups is 1. The highest BCUT2D eigenvalue weighted by molar-refractivity contribution is 5.94. The molecule has 0 aromatic heterocycles. The summed E-state index contributed by atoms with van der Waals surface area (Å²) in [7, 11) is 1.51. The first-order chi connectivity index (χ1) is 7.61. The van der Waals surface area contributed by atoms with Gasteiger partial charge in [-0.15, -0.1) is 0 Å². The number of rotatable bonds is 4. The number of carbonyl (C=O) groups excluding carboxylic acids is 1. The number of amides is 1. The van der Waals surface area contributed by atoms with Crippen molar-refractivity contribution in [3.8, 4) is 0 Å². The van der Waals surface area contributed by atoms with Gasteiger partial charge in [0.2, 0.25) is 5.91 Å². The Kier molecular flexibility index (Phi) is 4.43. The molecule has 0 aliphatic carbocycles. The zero-order chi connectivity index (χ0) is 12.1. The van der Waals surface area contributed by atoms with Crippen molar-refractivity contribution in [2.75, 3.05) is 18.6 Å². The van der Waals surface area contributed by atoms with Gasteiger partial charge in [-0.3, -0.25) is 4.79 Å². The standard InChI is InChI=1S/C12H16FNO2/c1-3-9(8-15)12(16)14(2)11-7-5-4-6-10(11)13/h4-7,9,15H,3,8H2,1-2H3. The number of halogens is 1. The van der Waals surface area contributed by atoms with Crippen LogP contribution in [0.5, 0.6) is 0 Å². The second-order valence-electron chi connectivity index (χ2n) is 3.64. The van der Waals surface area contributed by atoms with Gasteiger partial charge in [0, 0.05) is 7.05 Å². The first kappa shape index (κ1) is 12.6. The van der Waals surface area contributed by atoms with Gasteiger partial charge < -0.3 is 10.0 Å². The Hall–Kier alpha value is -1.42. The molecular formula is C12H16FNO2. The molecule has 0 aliphatic rings. The topological polar surface area (TPSA) is 40.5 Å². The SMILES string of the molecule is CCC(CO)C(=O)N(C)c1ccccc1F. The number of para-hydroxylation sites is 1. The number of hydrogen-bond acceptors (Lipinski definition) is 2. The van der Waals surface area contributed by atoms with Crippen molar-refractivity contribution in [3.63, 3.8) is 0 Å². The maximum Gasteiger partial charge on any atom is 0.232 e. The van der Waals surface area contributed by atoms with Gasteiger partial charge in [-0.25, -0.2) is 4.39 Å². The van der Waals surface area contributed by atoms with Gasteiger partial charge >= 0.3 is 0 Å². The van der Waals surface area contributed by atoms with Gasteiger partial charge in [-0.2, -0.15) is 0 Å². The summed E-state index contributed by atoms with van der Waals surface area (Å²) in [5, 5.41) is 9.02. The monoisotopic (exact) mass is 225 g/mol. The molecule has 0 heterocycles. The molecule has 16 heavy (non-hydrogen) atoms. The van der Waals surface area contributed by atoms with E-state index < -0.39 is 11.7 Å². The molecule has 0 radical (unpaired) electrons. The van der Waals surface area contributed by atoms with Crippen molar-refractivity contribution in [2.24, 2.45) is 5.92 Å². The summed E-state index contributed by atoms with van der Waals surface area (Å²) in [5.41, 5.74) is 0.236. The highest BCUT2D eigenvalue weighted by Gasteiger charge is 2.21. The van der Waals surface area contributed by atoms with Crippen molar-refractivity contribution in [3.05, 3.63) is 30.1 Å². The predicted octanol–water partition coefficient (Wildman–Crippen LogP) is 1.81. The smallest absolute Gasteiger partial charge is 0.232 e. The number of nitrogens with zero attached hydrogens (tertiary/aromatic N) is 1. The summed E-state index contributed by atoms with van der Waals surface area (Å²) in [6.45, 7) is 1.60. The van der Waals surface area contributed by atoms with Crippen LogP contribution >= 0.6 is 0 Å². The molecule has 0 bridgehead atoms. The van der Waals surface area contributed by atoms with Crippen LogP contribution < -0.4 is 4.90 Å². The molecule has 0 saturated carbocycles. The van der Waals surface area contributed by atoms with Crippen LogP contribution in [-0.4, -0.2) is 24.7 Å². The third-order valence-electron chi connectivity index (χ3n) is 2.61. The van der Waals surface area contributed by atoms with Crippen LogP contribution in [0.3, 0.4) is 0 Å². The minimum absolute atomic E-state index is 0.214. The molecule has 0 aliphatic heterocycles. The van der Waals surface area contributed by atoms with Crippen LogP contribution in [0.4, 0.5) is 10.1 Å². The molecule has 1 aromatic carbocycles. The Morgan fingerprint density at radius 2 is 2.12 bits per heavy atom. The minimum Gasteiger partial charge on any atom is -0.396 e. The molecule has 1 atom stereocenters. The van der Waals surface area contributed by atoms with E-state index in [-0.39, 0.29) is 18.2 Å². The predicted molar refractivity (Wildman–Crippen MR) is 60.7 cm³/mol. The number of carbonyl (C=O) groups is 1. The molecule has 1 amide bonds. The lowest BCUT2D eigenvalue weighted by molar-refractivity contribution is -0.123. The van der Waals surface area contributed by atoms with E-state index in [1.54, 1.807) is 12.1 Å². The molecule has 1 rings (SSSR count). The number of aliphatic hydroxyl groups excluding tert-OH is 1. The Balaban J connectivity index is 2.90. The molecule has 1 N–H and O–H groups in total. The first-order valence-corrected chi connectivity index (χ1v) is 5.24. The highest BCUT2D eigenvalue weighted by Crippen LogP contribution is 2.19. The van der Waals surface area contributed by atoms with E-state index in [0.29, 0.717) is 6.42 Å². The first-order valence-electron chi connectivity index (χ1n) is 5.24. The molecule has 3 nitrogen and oxygen atoms in total. The Bertz CT molecular complexity index is 364. The molecule has 1 unspecified atom stereocenters. The van der Waals surface area contributed by atoms with E-state index in [1.807, 2.05) is 6.92 Å². The average Bonchev–Trinajstić information content (AvgIpc) is 2.30. The fraction of sp³-hybridized carbons (Fsp3) is 0.417. The number of hydrogen-bond donors (Lipinski definition) is 1. The van der Waals surface area contributed by atoms with Crippen LogP contribution in [0.2, 0.25) is 0 Å². The summed E-state index contributed by atoms with van der Waals surface area (Å²) in [6, 6.07) is 6.08. The summed E-state index contributed by atoms with van der Waals surface area (Å²) in [5.74, 6) is -1.18. The summed E-state index contributed by atoms with van der Waals surface area (Å²) in [4.78, 5) is 13.1.